The van der Waals surface area contributed by atoms with Crippen LogP contribution in [0.4, 0.5) is 4.39 Å². The van der Waals surface area contributed by atoms with Gasteiger partial charge in [-0.15, -0.1) is 0 Å². The van der Waals surface area contributed by atoms with Crippen LogP contribution < -0.4 is 10.1 Å². The van der Waals surface area contributed by atoms with E-state index in [1.54, 1.807) is 12.1 Å². The predicted molar refractivity (Wildman–Crippen MR) is 82.3 cm³/mol. The van der Waals surface area contributed by atoms with Crippen LogP contribution in [0, 0.1) is 5.82 Å². The fourth-order valence-electron chi connectivity index (χ4n) is 3.34. The van der Waals surface area contributed by atoms with E-state index in [2.05, 4.69) is 29.6 Å². The molecule has 0 heterocycles. The smallest absolute Gasteiger partial charge is 0.165 e. The molecule has 0 spiro atoms. The second kappa shape index (κ2) is 5.86. The summed E-state index contributed by atoms with van der Waals surface area (Å²) in [5.74, 6) is 0.269. The molecule has 0 fully saturated rings. The van der Waals surface area contributed by atoms with Gasteiger partial charge in [-0.25, -0.2) is 4.39 Å². The molecule has 21 heavy (non-hydrogen) atoms. The Morgan fingerprint density at radius 2 is 1.86 bits per heavy atom. The van der Waals surface area contributed by atoms with E-state index >= 15 is 0 Å². The van der Waals surface area contributed by atoms with Gasteiger partial charge in [-0.1, -0.05) is 30.3 Å². The minimum absolute atomic E-state index is 0.256. The predicted octanol–water partition coefficient (Wildman–Crippen LogP) is 4.02. The molecular formula is C18H20FNO. The van der Waals surface area contributed by atoms with Crippen molar-refractivity contribution in [1.82, 2.24) is 5.32 Å². The molecule has 1 N–H and O–H groups in total. The van der Waals surface area contributed by atoms with Crippen molar-refractivity contribution in [2.45, 2.75) is 24.8 Å². The lowest BCUT2D eigenvalue weighted by molar-refractivity contribution is 0.385. The average molecular weight is 285 g/mol. The van der Waals surface area contributed by atoms with Gasteiger partial charge in [0.2, 0.25) is 0 Å². The zero-order valence-corrected chi connectivity index (χ0v) is 12.4. The molecule has 0 aliphatic heterocycles. The Labute approximate surface area is 125 Å². The Balaban J connectivity index is 2.02. The van der Waals surface area contributed by atoms with Gasteiger partial charge in [0.1, 0.15) is 0 Å². The molecule has 0 saturated carbocycles. The molecule has 3 heteroatoms. The van der Waals surface area contributed by atoms with Gasteiger partial charge in [0, 0.05) is 12.0 Å². The topological polar surface area (TPSA) is 21.3 Å². The lowest BCUT2D eigenvalue weighted by Gasteiger charge is -2.31. The second-order valence-corrected chi connectivity index (χ2v) is 5.49. The van der Waals surface area contributed by atoms with Crippen molar-refractivity contribution in [2.24, 2.45) is 0 Å². The Kier molecular flexibility index (Phi) is 3.93. The maximum Gasteiger partial charge on any atom is 0.165 e. The Morgan fingerprint density at radius 1 is 1.10 bits per heavy atom. The van der Waals surface area contributed by atoms with Gasteiger partial charge in [0.25, 0.3) is 0 Å². The molecule has 0 unspecified atom stereocenters. The zero-order chi connectivity index (χ0) is 14.8. The summed E-state index contributed by atoms with van der Waals surface area (Å²) in [5.41, 5.74) is 3.65. The van der Waals surface area contributed by atoms with Gasteiger partial charge in [0.15, 0.2) is 11.6 Å². The highest BCUT2D eigenvalue weighted by Crippen LogP contribution is 2.41. The van der Waals surface area contributed by atoms with Gasteiger partial charge in [0.05, 0.1) is 7.11 Å². The maximum atomic E-state index is 14.0. The number of benzene rings is 2. The largest absolute Gasteiger partial charge is 0.494 e. The van der Waals surface area contributed by atoms with Crippen LogP contribution in [0.2, 0.25) is 0 Å². The normalized spacial score (nSPS) is 20.9. The van der Waals surface area contributed by atoms with Crippen molar-refractivity contribution in [3.05, 3.63) is 65.0 Å². The molecule has 2 nitrogen and oxygen atoms in total. The van der Waals surface area contributed by atoms with E-state index in [9.17, 15) is 4.39 Å². The van der Waals surface area contributed by atoms with Gasteiger partial charge >= 0.3 is 0 Å². The number of nitrogens with one attached hydrogen (secondary N) is 1. The lowest BCUT2D eigenvalue weighted by Crippen LogP contribution is -2.24. The molecule has 0 radical (unpaired) electrons. The third-order valence-electron chi connectivity index (χ3n) is 4.42. The van der Waals surface area contributed by atoms with Crippen molar-refractivity contribution in [3.63, 3.8) is 0 Å². The van der Waals surface area contributed by atoms with Gasteiger partial charge in [-0.05, 0) is 48.7 Å². The number of methoxy groups -OCH3 is 1. The molecule has 0 saturated heterocycles. The highest BCUT2D eigenvalue weighted by atomic mass is 19.1. The summed E-state index contributed by atoms with van der Waals surface area (Å²) in [7, 11) is 3.49. The quantitative estimate of drug-likeness (QED) is 0.919. The number of ether oxygens (including phenoxy) is 1. The maximum absolute atomic E-state index is 14.0. The molecule has 1 aliphatic carbocycles. The van der Waals surface area contributed by atoms with E-state index < -0.39 is 0 Å². The van der Waals surface area contributed by atoms with Crippen LogP contribution >= 0.6 is 0 Å². The Morgan fingerprint density at radius 3 is 2.52 bits per heavy atom. The molecule has 0 aromatic heterocycles. The van der Waals surface area contributed by atoms with Crippen molar-refractivity contribution >= 4 is 0 Å². The summed E-state index contributed by atoms with van der Waals surface area (Å²) in [5, 5.41) is 3.37. The molecule has 3 rings (SSSR count). The summed E-state index contributed by atoms with van der Waals surface area (Å²) in [4.78, 5) is 0. The van der Waals surface area contributed by atoms with Crippen LogP contribution in [0.1, 0.15) is 41.5 Å². The summed E-state index contributed by atoms with van der Waals surface area (Å²) in [6.45, 7) is 0. The van der Waals surface area contributed by atoms with E-state index in [4.69, 9.17) is 4.74 Å². The van der Waals surface area contributed by atoms with Crippen molar-refractivity contribution in [2.75, 3.05) is 14.2 Å². The van der Waals surface area contributed by atoms with Gasteiger partial charge < -0.3 is 10.1 Å². The SMILES string of the molecule is CN[C@@H]1CC[C@@H](c2ccc(OC)c(F)c2)c2ccccc21. The number of halogens is 1. The fourth-order valence-corrected chi connectivity index (χ4v) is 3.34. The highest BCUT2D eigenvalue weighted by Gasteiger charge is 2.27. The molecule has 110 valence electrons. The number of hydrogen-bond donors (Lipinski definition) is 1. The minimum Gasteiger partial charge on any atom is -0.494 e. The average Bonchev–Trinajstić information content (AvgIpc) is 2.53. The molecular weight excluding hydrogens is 265 g/mol. The van der Waals surface area contributed by atoms with Crippen LogP contribution in [0.25, 0.3) is 0 Å². The number of rotatable bonds is 3. The summed E-state index contributed by atoms with van der Waals surface area (Å²) < 4.78 is 19.0. The van der Waals surface area contributed by atoms with Gasteiger partial charge in [-0.3, -0.25) is 0 Å². The molecule has 2 aromatic rings. The third kappa shape index (κ3) is 2.54. The van der Waals surface area contributed by atoms with E-state index in [1.165, 1.54) is 18.2 Å². The standard InChI is InChI=1S/C18H20FNO/c1-20-17-9-8-13(14-5-3-4-6-15(14)17)12-7-10-18(21-2)16(19)11-12/h3-7,10-11,13,17,20H,8-9H2,1-2H3/t13-,17+/m0/s1. The summed E-state index contributed by atoms with van der Waals surface area (Å²) >= 11 is 0. The molecule has 0 amide bonds. The van der Waals surface area contributed by atoms with Crippen molar-refractivity contribution in [1.29, 1.82) is 0 Å². The molecule has 0 bridgehead atoms. The molecule has 2 aromatic carbocycles. The third-order valence-corrected chi connectivity index (χ3v) is 4.42. The highest BCUT2D eigenvalue weighted by molar-refractivity contribution is 5.43. The van der Waals surface area contributed by atoms with Crippen molar-refractivity contribution < 1.29 is 9.13 Å². The van der Waals surface area contributed by atoms with Crippen LogP contribution in [0.3, 0.4) is 0 Å². The molecule has 2 atom stereocenters. The first kappa shape index (κ1) is 14.1. The molecule has 1 aliphatic rings. The Bertz CT molecular complexity index is 641. The van der Waals surface area contributed by atoms with Crippen LogP contribution in [0.5, 0.6) is 5.75 Å². The lowest BCUT2D eigenvalue weighted by atomic mass is 9.77. The second-order valence-electron chi connectivity index (χ2n) is 5.49. The van der Waals surface area contributed by atoms with Crippen molar-refractivity contribution in [3.8, 4) is 5.75 Å². The fraction of sp³-hybridized carbons (Fsp3) is 0.333. The first-order valence-electron chi connectivity index (χ1n) is 7.34. The summed E-state index contributed by atoms with van der Waals surface area (Å²) in [6, 6.07) is 14.2. The number of hydrogen-bond acceptors (Lipinski definition) is 2. The number of fused-ring (bicyclic) bond motifs is 1. The zero-order valence-electron chi connectivity index (χ0n) is 12.4. The van der Waals surface area contributed by atoms with Crippen LogP contribution in [0.15, 0.2) is 42.5 Å². The Hall–Kier alpha value is -1.87. The van der Waals surface area contributed by atoms with E-state index in [0.717, 1.165) is 18.4 Å². The van der Waals surface area contributed by atoms with E-state index in [1.807, 2.05) is 13.1 Å². The van der Waals surface area contributed by atoms with E-state index in [0.29, 0.717) is 11.8 Å². The first-order valence-corrected chi connectivity index (χ1v) is 7.34. The summed E-state index contributed by atoms with van der Waals surface area (Å²) in [6.07, 6.45) is 2.08. The monoisotopic (exact) mass is 285 g/mol. The van der Waals surface area contributed by atoms with Gasteiger partial charge in [-0.2, -0.15) is 0 Å². The first-order chi connectivity index (χ1) is 10.2. The van der Waals surface area contributed by atoms with E-state index in [-0.39, 0.29) is 11.7 Å². The van der Waals surface area contributed by atoms with Crippen LogP contribution in [-0.4, -0.2) is 14.2 Å². The van der Waals surface area contributed by atoms with Crippen LogP contribution in [-0.2, 0) is 0 Å². The minimum atomic E-state index is -0.289.